The van der Waals surface area contributed by atoms with E-state index in [2.05, 4.69) is 36.4 Å². The van der Waals surface area contributed by atoms with Gasteiger partial charge in [0.25, 0.3) is 5.91 Å². The third kappa shape index (κ3) is 3.22. The van der Waals surface area contributed by atoms with Crippen LogP contribution in [0.25, 0.3) is 0 Å². The second-order valence-electron chi connectivity index (χ2n) is 5.34. The smallest absolute Gasteiger partial charge is 0.254 e. The zero-order valence-corrected chi connectivity index (χ0v) is 11.6. The molecule has 1 aromatic heterocycles. The molecular weight excluding hydrogens is 238 g/mol. The van der Waals surface area contributed by atoms with E-state index in [0.29, 0.717) is 12.1 Å². The Labute approximate surface area is 113 Å². The molecule has 0 aliphatic heterocycles. The van der Waals surface area contributed by atoms with Crippen molar-refractivity contribution in [1.82, 2.24) is 15.1 Å². The van der Waals surface area contributed by atoms with Gasteiger partial charge in [0.15, 0.2) is 0 Å². The number of nitrogens with one attached hydrogen (secondary N) is 1. The molecule has 100 valence electrons. The first-order valence-corrected chi connectivity index (χ1v) is 6.31. The third-order valence-corrected chi connectivity index (χ3v) is 3.21. The summed E-state index contributed by atoms with van der Waals surface area (Å²) in [7, 11) is 1.80. The lowest BCUT2D eigenvalue weighted by Gasteiger charge is -2.25. The summed E-state index contributed by atoms with van der Waals surface area (Å²) in [5.41, 5.74) is 1.70. The van der Waals surface area contributed by atoms with Crippen LogP contribution >= 0.6 is 0 Å². The van der Waals surface area contributed by atoms with Crippen LogP contribution in [0.5, 0.6) is 0 Å². The van der Waals surface area contributed by atoms with Gasteiger partial charge >= 0.3 is 0 Å². The molecule has 1 amide bonds. The fourth-order valence-electron chi connectivity index (χ4n) is 1.93. The minimum Gasteiger partial charge on any atom is -0.351 e. The normalized spacial score (nSPS) is 11.3. The average Bonchev–Trinajstić information content (AvgIpc) is 2.84. The zero-order valence-electron chi connectivity index (χ0n) is 11.6. The standard InChI is InChI=1S/C15H19N3O/c1-15(2,13-7-5-4-6-8-13)11-16-14(19)12-9-17-18(3)10-12/h4-10H,11H2,1-3H3,(H,16,19). The molecule has 0 saturated heterocycles. The summed E-state index contributed by atoms with van der Waals surface area (Å²) in [5.74, 6) is -0.0860. The lowest BCUT2D eigenvalue weighted by Crippen LogP contribution is -2.36. The molecule has 4 nitrogen and oxygen atoms in total. The van der Waals surface area contributed by atoms with Crippen molar-refractivity contribution in [3.8, 4) is 0 Å². The molecule has 0 aliphatic carbocycles. The number of hydrogen-bond donors (Lipinski definition) is 1. The Morgan fingerprint density at radius 3 is 2.58 bits per heavy atom. The molecule has 2 aromatic rings. The molecule has 4 heteroatoms. The van der Waals surface area contributed by atoms with E-state index < -0.39 is 0 Å². The van der Waals surface area contributed by atoms with Crippen LogP contribution in [0.4, 0.5) is 0 Å². The second kappa shape index (κ2) is 5.26. The van der Waals surface area contributed by atoms with E-state index in [-0.39, 0.29) is 11.3 Å². The van der Waals surface area contributed by atoms with Crippen molar-refractivity contribution in [3.05, 3.63) is 53.9 Å². The van der Waals surface area contributed by atoms with Gasteiger partial charge < -0.3 is 5.32 Å². The van der Waals surface area contributed by atoms with Crippen molar-refractivity contribution in [2.24, 2.45) is 7.05 Å². The van der Waals surface area contributed by atoms with Gasteiger partial charge in [0.05, 0.1) is 11.8 Å². The summed E-state index contributed by atoms with van der Waals surface area (Å²) in [6, 6.07) is 10.2. The summed E-state index contributed by atoms with van der Waals surface area (Å²) in [5, 5.41) is 6.95. The maximum Gasteiger partial charge on any atom is 0.254 e. The van der Waals surface area contributed by atoms with Gasteiger partial charge in [0.2, 0.25) is 0 Å². The molecule has 1 N–H and O–H groups in total. The predicted octanol–water partition coefficient (Wildman–Crippen LogP) is 2.13. The van der Waals surface area contributed by atoms with Gasteiger partial charge in [-0.05, 0) is 5.56 Å². The maximum atomic E-state index is 12.0. The van der Waals surface area contributed by atoms with Crippen LogP contribution in [0.1, 0.15) is 29.8 Å². The van der Waals surface area contributed by atoms with Crippen LogP contribution in [0.3, 0.4) is 0 Å². The maximum absolute atomic E-state index is 12.0. The molecule has 0 bridgehead atoms. The molecule has 0 aliphatic rings. The fourth-order valence-corrected chi connectivity index (χ4v) is 1.93. The molecule has 0 saturated carbocycles. The molecule has 0 spiro atoms. The van der Waals surface area contributed by atoms with Crippen LogP contribution in [-0.2, 0) is 12.5 Å². The highest BCUT2D eigenvalue weighted by Gasteiger charge is 2.21. The molecule has 0 fully saturated rings. The predicted molar refractivity (Wildman–Crippen MR) is 75.0 cm³/mol. The first-order chi connectivity index (χ1) is 8.99. The monoisotopic (exact) mass is 257 g/mol. The lowest BCUT2D eigenvalue weighted by molar-refractivity contribution is 0.0945. The lowest BCUT2D eigenvalue weighted by atomic mass is 9.84. The fraction of sp³-hybridized carbons (Fsp3) is 0.333. The van der Waals surface area contributed by atoms with E-state index in [1.807, 2.05) is 18.2 Å². The highest BCUT2D eigenvalue weighted by atomic mass is 16.1. The highest BCUT2D eigenvalue weighted by Crippen LogP contribution is 2.21. The van der Waals surface area contributed by atoms with Crippen LogP contribution < -0.4 is 5.32 Å². The Kier molecular flexibility index (Phi) is 3.69. The Bertz CT molecular complexity index is 558. The van der Waals surface area contributed by atoms with Crippen molar-refractivity contribution in [3.63, 3.8) is 0 Å². The number of amides is 1. The SMILES string of the molecule is Cn1cc(C(=O)NCC(C)(C)c2ccccc2)cn1. The summed E-state index contributed by atoms with van der Waals surface area (Å²) >= 11 is 0. The van der Waals surface area contributed by atoms with E-state index in [1.54, 1.807) is 24.1 Å². The number of nitrogens with zero attached hydrogens (tertiary/aromatic N) is 2. The van der Waals surface area contributed by atoms with E-state index in [0.717, 1.165) is 0 Å². The van der Waals surface area contributed by atoms with E-state index >= 15 is 0 Å². The molecule has 1 heterocycles. The highest BCUT2D eigenvalue weighted by molar-refractivity contribution is 5.93. The first-order valence-electron chi connectivity index (χ1n) is 6.31. The Morgan fingerprint density at radius 1 is 1.32 bits per heavy atom. The molecule has 0 radical (unpaired) electrons. The van der Waals surface area contributed by atoms with Gasteiger partial charge in [-0.1, -0.05) is 44.2 Å². The largest absolute Gasteiger partial charge is 0.351 e. The molecule has 0 unspecified atom stereocenters. The third-order valence-electron chi connectivity index (χ3n) is 3.21. The number of benzene rings is 1. The van der Waals surface area contributed by atoms with Gasteiger partial charge in [0.1, 0.15) is 0 Å². The number of aryl methyl sites for hydroxylation is 1. The van der Waals surface area contributed by atoms with Crippen LogP contribution in [0.15, 0.2) is 42.7 Å². The Morgan fingerprint density at radius 2 is 2.00 bits per heavy atom. The Balaban J connectivity index is 2.00. The van der Waals surface area contributed by atoms with Crippen molar-refractivity contribution in [2.75, 3.05) is 6.54 Å². The summed E-state index contributed by atoms with van der Waals surface area (Å²) in [4.78, 5) is 12.0. The Hall–Kier alpha value is -2.10. The molecular formula is C15H19N3O. The first kappa shape index (κ1) is 13.3. The number of rotatable bonds is 4. The average molecular weight is 257 g/mol. The van der Waals surface area contributed by atoms with E-state index in [4.69, 9.17) is 0 Å². The minimum absolute atomic E-state index is 0.0860. The second-order valence-corrected chi connectivity index (χ2v) is 5.34. The van der Waals surface area contributed by atoms with Gasteiger partial charge in [-0.25, -0.2) is 0 Å². The van der Waals surface area contributed by atoms with Crippen molar-refractivity contribution in [2.45, 2.75) is 19.3 Å². The summed E-state index contributed by atoms with van der Waals surface area (Å²) in [6.07, 6.45) is 3.29. The van der Waals surface area contributed by atoms with Crippen molar-refractivity contribution >= 4 is 5.91 Å². The summed E-state index contributed by atoms with van der Waals surface area (Å²) < 4.78 is 1.62. The zero-order chi connectivity index (χ0) is 13.9. The molecule has 0 atom stereocenters. The number of hydrogen-bond acceptors (Lipinski definition) is 2. The topological polar surface area (TPSA) is 46.9 Å². The number of carbonyl (C=O) groups excluding carboxylic acids is 1. The minimum atomic E-state index is -0.0981. The van der Waals surface area contributed by atoms with Gasteiger partial charge in [-0.3, -0.25) is 9.48 Å². The molecule has 2 rings (SSSR count). The quantitative estimate of drug-likeness (QED) is 0.912. The van der Waals surface area contributed by atoms with Gasteiger partial charge in [-0.2, -0.15) is 5.10 Å². The van der Waals surface area contributed by atoms with Crippen LogP contribution in [-0.4, -0.2) is 22.2 Å². The van der Waals surface area contributed by atoms with Gasteiger partial charge in [-0.15, -0.1) is 0 Å². The molecule has 19 heavy (non-hydrogen) atoms. The van der Waals surface area contributed by atoms with Crippen LogP contribution in [0.2, 0.25) is 0 Å². The van der Waals surface area contributed by atoms with E-state index in [9.17, 15) is 4.79 Å². The number of aromatic nitrogens is 2. The van der Waals surface area contributed by atoms with Crippen molar-refractivity contribution in [1.29, 1.82) is 0 Å². The molecule has 1 aromatic carbocycles. The van der Waals surface area contributed by atoms with E-state index in [1.165, 1.54) is 5.56 Å². The summed E-state index contributed by atoms with van der Waals surface area (Å²) in [6.45, 7) is 4.82. The number of carbonyl (C=O) groups is 1. The van der Waals surface area contributed by atoms with Crippen molar-refractivity contribution < 1.29 is 4.79 Å². The van der Waals surface area contributed by atoms with Gasteiger partial charge in [0, 0.05) is 25.2 Å². The van der Waals surface area contributed by atoms with Crippen LogP contribution in [0, 0.1) is 0 Å².